The molecule has 4 aromatic rings. The lowest BCUT2D eigenvalue weighted by Crippen LogP contribution is -2.18. The van der Waals surface area contributed by atoms with Gasteiger partial charge in [0.15, 0.2) is 0 Å². The molecule has 0 bridgehead atoms. The van der Waals surface area contributed by atoms with Gasteiger partial charge in [0.05, 0.1) is 28.9 Å². The number of primary amides is 1. The maximum absolute atomic E-state index is 13.7. The lowest BCUT2D eigenvalue weighted by Gasteiger charge is -2.12. The van der Waals surface area contributed by atoms with Crippen molar-refractivity contribution in [3.63, 3.8) is 0 Å². The second-order valence-electron chi connectivity index (χ2n) is 8.97. The van der Waals surface area contributed by atoms with Gasteiger partial charge in [-0.1, -0.05) is 31.0 Å². The summed E-state index contributed by atoms with van der Waals surface area (Å²) in [5, 5.41) is 4.33. The molecule has 7 heteroatoms. The molecule has 3 N–H and O–H groups in total. The molecule has 0 unspecified atom stereocenters. The Bertz CT molecular complexity index is 1430. The number of thiophene rings is 1. The normalized spacial score (nSPS) is 13.5. The van der Waals surface area contributed by atoms with Crippen molar-refractivity contribution in [3.8, 4) is 17.0 Å². The summed E-state index contributed by atoms with van der Waals surface area (Å²) in [6.07, 6.45) is 6.17. The number of aryl methyl sites for hydroxylation is 1. The topological polar surface area (TPSA) is 94.3 Å². The van der Waals surface area contributed by atoms with Crippen LogP contribution in [0.15, 0.2) is 54.6 Å². The van der Waals surface area contributed by atoms with Crippen LogP contribution in [0.2, 0.25) is 0 Å². The maximum Gasteiger partial charge on any atom is 0.257 e. The Kier molecular flexibility index (Phi) is 7.00. The Hall–Kier alpha value is -3.71. The van der Waals surface area contributed by atoms with Crippen LogP contribution in [0.1, 0.15) is 63.8 Å². The maximum atomic E-state index is 13.7. The van der Waals surface area contributed by atoms with Crippen molar-refractivity contribution in [1.82, 2.24) is 4.98 Å². The first-order valence-electron chi connectivity index (χ1n) is 12.4. The zero-order valence-electron chi connectivity index (χ0n) is 20.3. The van der Waals surface area contributed by atoms with Crippen molar-refractivity contribution in [3.05, 3.63) is 76.2 Å². The van der Waals surface area contributed by atoms with E-state index in [0.717, 1.165) is 64.8 Å². The molecule has 6 nitrogen and oxygen atoms in total. The number of anilines is 1. The standard InChI is InChI=1S/C29H29N3O3S/c1-2-35-19-15-13-18(14-16-19)24-17-22(20-9-7-8-11-23(20)31-24)28(34)32-29-26(27(30)33)21-10-5-3-4-6-12-25(21)36-29/h7-9,11,13-17H,2-6,10,12H2,1H3,(H2,30,33)(H,32,34). The van der Waals surface area contributed by atoms with Gasteiger partial charge in [0.1, 0.15) is 10.8 Å². The summed E-state index contributed by atoms with van der Waals surface area (Å²) in [7, 11) is 0. The number of ether oxygens (including phenoxy) is 1. The molecule has 0 saturated carbocycles. The van der Waals surface area contributed by atoms with Gasteiger partial charge in [0.25, 0.3) is 11.8 Å². The molecule has 2 heterocycles. The van der Waals surface area contributed by atoms with E-state index in [0.29, 0.717) is 28.4 Å². The molecule has 5 rings (SSSR count). The quantitative estimate of drug-likeness (QED) is 0.322. The Balaban J connectivity index is 1.54. The van der Waals surface area contributed by atoms with E-state index in [4.69, 9.17) is 15.5 Å². The highest BCUT2D eigenvalue weighted by Gasteiger charge is 2.25. The third-order valence-corrected chi connectivity index (χ3v) is 7.77. The molecule has 0 saturated heterocycles. The second-order valence-corrected chi connectivity index (χ2v) is 10.1. The predicted octanol–water partition coefficient (Wildman–Crippen LogP) is 6.37. The largest absolute Gasteiger partial charge is 0.494 e. The minimum Gasteiger partial charge on any atom is -0.494 e. The molecule has 0 spiro atoms. The fraction of sp³-hybridized carbons (Fsp3) is 0.276. The average molecular weight is 500 g/mol. The highest BCUT2D eigenvalue weighted by atomic mass is 32.1. The van der Waals surface area contributed by atoms with Crippen LogP contribution in [-0.4, -0.2) is 23.4 Å². The van der Waals surface area contributed by atoms with E-state index < -0.39 is 5.91 Å². The van der Waals surface area contributed by atoms with Gasteiger partial charge < -0.3 is 15.8 Å². The zero-order chi connectivity index (χ0) is 25.1. The number of carbonyl (C=O) groups excluding carboxylic acids is 2. The summed E-state index contributed by atoms with van der Waals surface area (Å²) in [5.74, 6) is 0.0165. The van der Waals surface area contributed by atoms with Crippen LogP contribution in [0.4, 0.5) is 5.00 Å². The third kappa shape index (κ3) is 4.84. The summed E-state index contributed by atoms with van der Waals surface area (Å²) in [5.41, 5.74) is 10.1. The predicted molar refractivity (Wildman–Crippen MR) is 145 cm³/mol. The van der Waals surface area contributed by atoms with E-state index in [1.165, 1.54) is 17.8 Å². The van der Waals surface area contributed by atoms with Crippen molar-refractivity contribution < 1.29 is 14.3 Å². The van der Waals surface area contributed by atoms with E-state index in [2.05, 4.69) is 5.32 Å². The van der Waals surface area contributed by atoms with Gasteiger partial charge in [0.2, 0.25) is 0 Å². The Morgan fingerprint density at radius 1 is 1.03 bits per heavy atom. The Morgan fingerprint density at radius 3 is 2.53 bits per heavy atom. The number of para-hydroxylation sites is 1. The number of nitrogens with zero attached hydrogens (tertiary/aromatic N) is 1. The van der Waals surface area contributed by atoms with Crippen molar-refractivity contribution >= 4 is 39.1 Å². The molecule has 184 valence electrons. The summed E-state index contributed by atoms with van der Waals surface area (Å²) in [6.45, 7) is 2.54. The van der Waals surface area contributed by atoms with Gasteiger partial charge in [-0.05, 0) is 74.6 Å². The van der Waals surface area contributed by atoms with Gasteiger partial charge in [-0.2, -0.15) is 0 Å². The number of carbonyl (C=O) groups is 2. The van der Waals surface area contributed by atoms with Gasteiger partial charge in [-0.3, -0.25) is 9.59 Å². The van der Waals surface area contributed by atoms with Crippen LogP contribution in [0.5, 0.6) is 5.75 Å². The van der Waals surface area contributed by atoms with Crippen molar-refractivity contribution in [2.45, 2.75) is 45.4 Å². The third-order valence-electron chi connectivity index (χ3n) is 6.57. The number of pyridine rings is 1. The fourth-order valence-corrected chi connectivity index (χ4v) is 6.13. The molecule has 2 aromatic carbocycles. The molecule has 0 fully saturated rings. The Labute approximate surface area is 214 Å². The van der Waals surface area contributed by atoms with E-state index in [9.17, 15) is 9.59 Å². The van der Waals surface area contributed by atoms with E-state index in [1.807, 2.05) is 55.5 Å². The minimum atomic E-state index is -0.488. The van der Waals surface area contributed by atoms with Crippen LogP contribution in [0.3, 0.4) is 0 Å². The van der Waals surface area contributed by atoms with Crippen molar-refractivity contribution in [2.75, 3.05) is 11.9 Å². The first-order valence-corrected chi connectivity index (χ1v) is 13.3. The van der Waals surface area contributed by atoms with Crippen molar-refractivity contribution in [2.24, 2.45) is 5.73 Å². The molecule has 36 heavy (non-hydrogen) atoms. The lowest BCUT2D eigenvalue weighted by atomic mass is 9.96. The van der Waals surface area contributed by atoms with Crippen LogP contribution >= 0.6 is 11.3 Å². The van der Waals surface area contributed by atoms with Gasteiger partial charge >= 0.3 is 0 Å². The van der Waals surface area contributed by atoms with Crippen LogP contribution < -0.4 is 15.8 Å². The number of hydrogen-bond acceptors (Lipinski definition) is 5. The number of aromatic nitrogens is 1. The van der Waals surface area contributed by atoms with Gasteiger partial charge in [-0.25, -0.2) is 4.98 Å². The van der Waals surface area contributed by atoms with Crippen LogP contribution in [0, 0.1) is 0 Å². The summed E-state index contributed by atoms with van der Waals surface area (Å²) >= 11 is 1.49. The van der Waals surface area contributed by atoms with Crippen LogP contribution in [0.25, 0.3) is 22.2 Å². The van der Waals surface area contributed by atoms with Gasteiger partial charge in [0, 0.05) is 15.8 Å². The average Bonchev–Trinajstić information content (AvgIpc) is 3.19. The molecule has 1 aliphatic rings. The summed E-state index contributed by atoms with van der Waals surface area (Å²) in [4.78, 5) is 32.1. The molecule has 1 aliphatic carbocycles. The number of amides is 2. The molecule has 0 radical (unpaired) electrons. The number of nitrogens with one attached hydrogen (secondary N) is 1. The van der Waals surface area contributed by atoms with E-state index >= 15 is 0 Å². The summed E-state index contributed by atoms with van der Waals surface area (Å²) < 4.78 is 5.55. The number of hydrogen-bond donors (Lipinski definition) is 2. The first kappa shape index (κ1) is 24.0. The Morgan fingerprint density at radius 2 is 1.78 bits per heavy atom. The van der Waals surface area contributed by atoms with Gasteiger partial charge in [-0.15, -0.1) is 11.3 Å². The first-order chi connectivity index (χ1) is 17.5. The molecule has 0 atom stereocenters. The molecule has 2 amide bonds. The minimum absolute atomic E-state index is 0.280. The fourth-order valence-electron chi connectivity index (χ4n) is 4.84. The molecule has 2 aromatic heterocycles. The SMILES string of the molecule is CCOc1ccc(-c2cc(C(=O)Nc3sc4c(c3C(N)=O)CCCCCC4)c3ccccc3n2)cc1. The molecular formula is C29H29N3O3S. The van der Waals surface area contributed by atoms with Crippen molar-refractivity contribution in [1.29, 1.82) is 0 Å². The highest BCUT2D eigenvalue weighted by Crippen LogP contribution is 2.37. The number of benzene rings is 2. The summed E-state index contributed by atoms with van der Waals surface area (Å²) in [6, 6.07) is 17.1. The lowest BCUT2D eigenvalue weighted by molar-refractivity contribution is 0.100. The number of rotatable bonds is 6. The van der Waals surface area contributed by atoms with Crippen LogP contribution in [-0.2, 0) is 12.8 Å². The van der Waals surface area contributed by atoms with E-state index in [-0.39, 0.29) is 5.91 Å². The smallest absolute Gasteiger partial charge is 0.257 e. The molecule has 0 aliphatic heterocycles. The number of nitrogens with two attached hydrogens (primary N) is 1. The highest BCUT2D eigenvalue weighted by molar-refractivity contribution is 7.17. The molecular weight excluding hydrogens is 470 g/mol. The number of fused-ring (bicyclic) bond motifs is 2. The second kappa shape index (κ2) is 10.5. The zero-order valence-corrected chi connectivity index (χ0v) is 21.1. The van der Waals surface area contributed by atoms with E-state index in [1.54, 1.807) is 6.07 Å². The monoisotopic (exact) mass is 499 g/mol.